The zero-order chi connectivity index (χ0) is 14.6. The fourth-order valence-corrected chi connectivity index (χ4v) is 4.10. The van der Waals surface area contributed by atoms with E-state index in [4.69, 9.17) is 0 Å². The Morgan fingerprint density at radius 3 is 2.45 bits per heavy atom. The molecule has 4 nitrogen and oxygen atoms in total. The van der Waals surface area contributed by atoms with Crippen molar-refractivity contribution in [3.8, 4) is 0 Å². The summed E-state index contributed by atoms with van der Waals surface area (Å²) in [6.07, 6.45) is 8.81. The van der Waals surface area contributed by atoms with Crippen LogP contribution in [-0.4, -0.2) is 34.8 Å². The van der Waals surface area contributed by atoms with E-state index in [0.29, 0.717) is 6.54 Å². The van der Waals surface area contributed by atoms with E-state index in [1.807, 2.05) is 6.92 Å². The highest BCUT2D eigenvalue weighted by Gasteiger charge is 2.42. The lowest BCUT2D eigenvalue weighted by atomic mass is 9.82. The minimum Gasteiger partial charge on any atom is -0.326 e. The molecule has 1 unspecified atom stereocenters. The Morgan fingerprint density at radius 2 is 1.90 bits per heavy atom. The van der Waals surface area contributed by atoms with Crippen molar-refractivity contribution in [2.75, 3.05) is 11.9 Å². The minimum atomic E-state index is -0.300. The average Bonchev–Trinajstić information content (AvgIpc) is 2.64. The van der Waals surface area contributed by atoms with Crippen molar-refractivity contribution in [1.29, 1.82) is 0 Å². The Morgan fingerprint density at radius 1 is 1.25 bits per heavy atom. The summed E-state index contributed by atoms with van der Waals surface area (Å²) < 4.78 is 0. The maximum absolute atomic E-state index is 12.4. The predicted octanol–water partition coefficient (Wildman–Crippen LogP) is 3.44. The summed E-state index contributed by atoms with van der Waals surface area (Å²) in [5.74, 6) is -0.0265. The number of alkyl halides is 1. The Balaban J connectivity index is 2.06. The molecular weight excluding hydrogens is 320 g/mol. The van der Waals surface area contributed by atoms with Crippen LogP contribution in [-0.2, 0) is 4.79 Å². The van der Waals surface area contributed by atoms with Crippen LogP contribution in [0, 0.1) is 5.41 Å². The number of amides is 3. The molecule has 1 saturated heterocycles. The molecule has 1 saturated carbocycles. The van der Waals surface area contributed by atoms with Crippen molar-refractivity contribution in [2.24, 2.45) is 5.41 Å². The van der Waals surface area contributed by atoms with Crippen LogP contribution in [0.25, 0.3) is 0 Å². The zero-order valence-corrected chi connectivity index (χ0v) is 13.9. The summed E-state index contributed by atoms with van der Waals surface area (Å²) in [5, 5.41) is 3.69. The van der Waals surface area contributed by atoms with Gasteiger partial charge in [-0.2, -0.15) is 0 Å². The van der Waals surface area contributed by atoms with Crippen molar-refractivity contribution >= 4 is 27.9 Å². The van der Waals surface area contributed by atoms with Crippen LogP contribution in [0.5, 0.6) is 0 Å². The zero-order valence-electron chi connectivity index (χ0n) is 12.3. The summed E-state index contributed by atoms with van der Waals surface area (Å²) in [4.78, 5) is 25.9. The summed E-state index contributed by atoms with van der Waals surface area (Å²) in [7, 11) is 0. The summed E-state index contributed by atoms with van der Waals surface area (Å²) in [6, 6.07) is -0.497. The number of nitrogens with zero attached hydrogens (tertiary/aromatic N) is 1. The van der Waals surface area contributed by atoms with Crippen molar-refractivity contribution in [1.82, 2.24) is 10.2 Å². The Bertz CT molecular complexity index is 365. The maximum Gasteiger partial charge on any atom is 0.324 e. The van der Waals surface area contributed by atoms with Gasteiger partial charge < -0.3 is 5.32 Å². The fraction of sp³-hybridized carbons (Fsp3) is 0.867. The van der Waals surface area contributed by atoms with Gasteiger partial charge in [-0.25, -0.2) is 4.79 Å². The molecule has 0 spiro atoms. The van der Waals surface area contributed by atoms with E-state index < -0.39 is 0 Å². The van der Waals surface area contributed by atoms with Crippen molar-refractivity contribution in [2.45, 2.75) is 64.3 Å². The second kappa shape index (κ2) is 6.92. The molecule has 0 radical (unpaired) electrons. The molecule has 20 heavy (non-hydrogen) atoms. The molecule has 3 amide bonds. The van der Waals surface area contributed by atoms with Gasteiger partial charge in [-0.15, -0.1) is 0 Å². The van der Waals surface area contributed by atoms with Gasteiger partial charge in [0.05, 0.1) is 0 Å². The number of hydrogen-bond acceptors (Lipinski definition) is 2. The molecule has 2 rings (SSSR count). The molecule has 1 atom stereocenters. The number of urea groups is 1. The van der Waals surface area contributed by atoms with Crippen LogP contribution < -0.4 is 5.32 Å². The van der Waals surface area contributed by atoms with Crippen LogP contribution in [0.1, 0.15) is 58.3 Å². The average molecular weight is 345 g/mol. The lowest BCUT2D eigenvalue weighted by Crippen LogP contribution is -2.42. The predicted molar refractivity (Wildman–Crippen MR) is 82.9 cm³/mol. The van der Waals surface area contributed by atoms with E-state index in [9.17, 15) is 9.59 Å². The van der Waals surface area contributed by atoms with Gasteiger partial charge in [-0.05, 0) is 24.7 Å². The van der Waals surface area contributed by atoms with E-state index in [1.165, 1.54) is 30.6 Å². The first-order valence-corrected chi connectivity index (χ1v) is 8.92. The first-order chi connectivity index (χ1) is 9.62. The van der Waals surface area contributed by atoms with Gasteiger partial charge in [0.1, 0.15) is 6.04 Å². The monoisotopic (exact) mass is 344 g/mol. The minimum absolute atomic E-state index is 0.0265. The van der Waals surface area contributed by atoms with Gasteiger partial charge in [0.15, 0.2) is 0 Å². The topological polar surface area (TPSA) is 49.4 Å². The van der Waals surface area contributed by atoms with Gasteiger partial charge in [-0.1, -0.05) is 55.0 Å². The number of nitrogens with one attached hydrogen (secondary N) is 1. The number of rotatable bonds is 5. The molecule has 0 aromatic heterocycles. The van der Waals surface area contributed by atoms with Gasteiger partial charge in [0.2, 0.25) is 0 Å². The highest BCUT2D eigenvalue weighted by atomic mass is 79.9. The molecule has 1 aliphatic carbocycles. The van der Waals surface area contributed by atoms with Gasteiger partial charge in [-0.3, -0.25) is 9.69 Å². The summed E-state index contributed by atoms with van der Waals surface area (Å²) >= 11 is 3.63. The smallest absolute Gasteiger partial charge is 0.324 e. The van der Waals surface area contributed by atoms with Gasteiger partial charge in [0.25, 0.3) is 5.91 Å². The first kappa shape index (κ1) is 15.8. The highest BCUT2D eigenvalue weighted by molar-refractivity contribution is 9.09. The van der Waals surface area contributed by atoms with Crippen LogP contribution >= 0.6 is 15.9 Å². The maximum atomic E-state index is 12.4. The molecular formula is C15H25BrN2O2. The highest BCUT2D eigenvalue weighted by Crippen LogP contribution is 2.38. The molecule has 2 aliphatic rings. The number of halogens is 1. The standard InChI is InChI=1S/C15H25BrN2O2/c1-2-7-12-13(19)18(14(20)17-12)11-15(10-16)8-5-3-4-6-9-15/h12H,2-11H2,1H3,(H,17,20). The van der Waals surface area contributed by atoms with E-state index in [1.54, 1.807) is 0 Å². The Hall–Kier alpha value is -0.580. The van der Waals surface area contributed by atoms with Crippen molar-refractivity contribution < 1.29 is 9.59 Å². The third-order valence-electron chi connectivity index (χ3n) is 4.63. The molecule has 2 fully saturated rings. The molecule has 1 aliphatic heterocycles. The normalized spacial score (nSPS) is 26.5. The van der Waals surface area contributed by atoms with Crippen LogP contribution in [0.3, 0.4) is 0 Å². The van der Waals surface area contributed by atoms with E-state index in [0.717, 1.165) is 31.0 Å². The first-order valence-electron chi connectivity index (χ1n) is 7.80. The number of hydrogen-bond donors (Lipinski definition) is 1. The van der Waals surface area contributed by atoms with Crippen LogP contribution in [0.4, 0.5) is 4.79 Å². The van der Waals surface area contributed by atoms with E-state index in [2.05, 4.69) is 21.2 Å². The molecule has 0 aromatic carbocycles. The third-order valence-corrected chi connectivity index (χ3v) is 5.82. The molecule has 1 N–H and O–H groups in total. The van der Waals surface area contributed by atoms with Crippen molar-refractivity contribution in [3.63, 3.8) is 0 Å². The Labute approximate surface area is 129 Å². The van der Waals surface area contributed by atoms with Crippen molar-refractivity contribution in [3.05, 3.63) is 0 Å². The summed E-state index contributed by atoms with van der Waals surface area (Å²) in [6.45, 7) is 2.61. The van der Waals surface area contributed by atoms with E-state index in [-0.39, 0.29) is 23.4 Å². The van der Waals surface area contributed by atoms with Crippen LogP contribution in [0.2, 0.25) is 0 Å². The van der Waals surface area contributed by atoms with Crippen LogP contribution in [0.15, 0.2) is 0 Å². The van der Waals surface area contributed by atoms with Gasteiger partial charge in [0, 0.05) is 11.9 Å². The molecule has 114 valence electrons. The second-order valence-corrected chi connectivity index (χ2v) is 6.82. The fourth-order valence-electron chi connectivity index (χ4n) is 3.36. The number of imide groups is 1. The SMILES string of the molecule is CCCC1NC(=O)N(CC2(CBr)CCCCCC2)C1=O. The molecule has 0 aromatic rings. The molecule has 0 bridgehead atoms. The number of carbonyl (C=O) groups excluding carboxylic acids is 2. The summed E-state index contributed by atoms with van der Waals surface area (Å²) in [5.41, 5.74) is 0.0740. The Kier molecular flexibility index (Phi) is 5.47. The van der Waals surface area contributed by atoms with E-state index >= 15 is 0 Å². The largest absolute Gasteiger partial charge is 0.326 e. The molecule has 5 heteroatoms. The number of carbonyl (C=O) groups is 2. The van der Waals surface area contributed by atoms with Gasteiger partial charge >= 0.3 is 6.03 Å². The molecule has 1 heterocycles. The second-order valence-electron chi connectivity index (χ2n) is 6.26. The lowest BCUT2D eigenvalue weighted by Gasteiger charge is -2.33. The lowest BCUT2D eigenvalue weighted by molar-refractivity contribution is -0.128. The third kappa shape index (κ3) is 3.35. The quantitative estimate of drug-likeness (QED) is 0.471.